The van der Waals surface area contributed by atoms with Gasteiger partial charge in [-0.3, -0.25) is 0 Å². The summed E-state index contributed by atoms with van der Waals surface area (Å²) >= 11 is 0. The zero-order chi connectivity index (χ0) is 10.9. The molecule has 2 rings (SSSR count). The molecule has 1 heterocycles. The van der Waals surface area contributed by atoms with Gasteiger partial charge in [0.15, 0.2) is 0 Å². The summed E-state index contributed by atoms with van der Waals surface area (Å²) in [5.74, 6) is -1.78. The Labute approximate surface area is 89.2 Å². The number of hydrogen-bond donors (Lipinski definition) is 1. The van der Waals surface area contributed by atoms with Crippen LogP contribution in [0.15, 0.2) is 0 Å². The van der Waals surface area contributed by atoms with Crippen LogP contribution in [0.4, 0.5) is 8.78 Å². The van der Waals surface area contributed by atoms with Gasteiger partial charge in [-0.25, -0.2) is 8.78 Å². The van der Waals surface area contributed by atoms with Crippen LogP contribution in [0, 0.1) is 11.8 Å². The summed E-state index contributed by atoms with van der Waals surface area (Å²) in [6.45, 7) is 1.50. The predicted octanol–water partition coefficient (Wildman–Crippen LogP) is 2.18. The highest BCUT2D eigenvalue weighted by Gasteiger charge is 2.39. The highest BCUT2D eigenvalue weighted by molar-refractivity contribution is 4.87. The molecule has 2 aliphatic rings. The first kappa shape index (κ1) is 11.3. The summed E-state index contributed by atoms with van der Waals surface area (Å²) in [5.41, 5.74) is 6.12. The molecule has 0 amide bonds. The second-order valence-corrected chi connectivity index (χ2v) is 4.89. The highest BCUT2D eigenvalue weighted by Crippen LogP contribution is 2.39. The third-order valence-corrected chi connectivity index (χ3v) is 3.82. The van der Waals surface area contributed by atoms with Crippen LogP contribution in [-0.4, -0.2) is 25.2 Å². The first-order valence-electron chi connectivity index (χ1n) is 5.80. The van der Waals surface area contributed by atoms with E-state index in [1.807, 2.05) is 0 Å². The molecule has 0 aromatic heterocycles. The van der Waals surface area contributed by atoms with Crippen molar-refractivity contribution in [1.82, 2.24) is 0 Å². The molecule has 0 spiro atoms. The number of halogens is 2. The standard InChI is InChI=1S/C11H19F2NO/c12-11(13)4-1-8(2-5-11)10(14)9-3-6-15-7-9/h8-10H,1-7,14H2. The minimum atomic E-state index is -2.44. The Balaban J connectivity index is 1.84. The molecule has 1 aliphatic heterocycles. The van der Waals surface area contributed by atoms with E-state index in [4.69, 9.17) is 10.5 Å². The molecule has 2 unspecified atom stereocenters. The van der Waals surface area contributed by atoms with Crippen LogP contribution < -0.4 is 5.73 Å². The normalized spacial score (nSPS) is 34.2. The Morgan fingerprint density at radius 1 is 1.13 bits per heavy atom. The first-order chi connectivity index (χ1) is 7.08. The van der Waals surface area contributed by atoms with Gasteiger partial charge in [0.2, 0.25) is 5.92 Å². The fraction of sp³-hybridized carbons (Fsp3) is 1.00. The second kappa shape index (κ2) is 4.34. The average Bonchev–Trinajstić information content (AvgIpc) is 2.69. The Morgan fingerprint density at radius 2 is 1.80 bits per heavy atom. The molecular formula is C11H19F2NO. The smallest absolute Gasteiger partial charge is 0.248 e. The summed E-state index contributed by atoms with van der Waals surface area (Å²) in [5, 5.41) is 0. The molecule has 0 bridgehead atoms. The third kappa shape index (κ3) is 2.67. The number of nitrogens with two attached hydrogens (primary N) is 1. The van der Waals surface area contributed by atoms with E-state index in [1.165, 1.54) is 0 Å². The van der Waals surface area contributed by atoms with Crippen molar-refractivity contribution in [1.29, 1.82) is 0 Å². The monoisotopic (exact) mass is 219 g/mol. The van der Waals surface area contributed by atoms with E-state index in [-0.39, 0.29) is 24.8 Å². The van der Waals surface area contributed by atoms with Crippen molar-refractivity contribution < 1.29 is 13.5 Å². The lowest BCUT2D eigenvalue weighted by molar-refractivity contribution is -0.0503. The van der Waals surface area contributed by atoms with Gasteiger partial charge in [0, 0.05) is 25.5 Å². The number of ether oxygens (including phenoxy) is 1. The predicted molar refractivity (Wildman–Crippen MR) is 53.8 cm³/mol. The van der Waals surface area contributed by atoms with Gasteiger partial charge in [-0.15, -0.1) is 0 Å². The molecule has 0 aromatic carbocycles. The van der Waals surface area contributed by atoms with Gasteiger partial charge in [0.05, 0.1) is 6.61 Å². The van der Waals surface area contributed by atoms with E-state index in [1.54, 1.807) is 0 Å². The molecule has 15 heavy (non-hydrogen) atoms. The van der Waals surface area contributed by atoms with Gasteiger partial charge in [0.25, 0.3) is 0 Å². The molecule has 1 saturated heterocycles. The second-order valence-electron chi connectivity index (χ2n) is 4.89. The average molecular weight is 219 g/mol. The Hall–Kier alpha value is -0.220. The maximum atomic E-state index is 13.0. The number of hydrogen-bond acceptors (Lipinski definition) is 2. The van der Waals surface area contributed by atoms with E-state index in [9.17, 15) is 8.78 Å². The topological polar surface area (TPSA) is 35.2 Å². The summed E-state index contributed by atoms with van der Waals surface area (Å²) in [6, 6.07) is 0.0589. The van der Waals surface area contributed by atoms with Crippen molar-refractivity contribution in [2.24, 2.45) is 17.6 Å². The minimum Gasteiger partial charge on any atom is -0.381 e. The fourth-order valence-electron chi connectivity index (χ4n) is 2.69. The quantitative estimate of drug-likeness (QED) is 0.772. The van der Waals surface area contributed by atoms with Crippen LogP contribution in [0.5, 0.6) is 0 Å². The van der Waals surface area contributed by atoms with Crippen LogP contribution in [0.2, 0.25) is 0 Å². The summed E-state index contributed by atoms with van der Waals surface area (Å²) in [7, 11) is 0. The molecule has 2 fully saturated rings. The van der Waals surface area contributed by atoms with Crippen LogP contribution in [0.3, 0.4) is 0 Å². The van der Waals surface area contributed by atoms with E-state index in [0.717, 1.165) is 13.0 Å². The zero-order valence-corrected chi connectivity index (χ0v) is 8.92. The molecular weight excluding hydrogens is 200 g/mol. The highest BCUT2D eigenvalue weighted by atomic mass is 19.3. The summed E-state index contributed by atoms with van der Waals surface area (Å²) in [6.07, 6.45) is 2.17. The van der Waals surface area contributed by atoms with Crippen molar-refractivity contribution in [2.75, 3.05) is 13.2 Å². The Kier molecular flexibility index (Phi) is 3.26. The lowest BCUT2D eigenvalue weighted by atomic mass is 9.77. The first-order valence-corrected chi connectivity index (χ1v) is 5.80. The van der Waals surface area contributed by atoms with Gasteiger partial charge in [-0.2, -0.15) is 0 Å². The van der Waals surface area contributed by atoms with Gasteiger partial charge in [-0.05, 0) is 31.1 Å². The van der Waals surface area contributed by atoms with Crippen molar-refractivity contribution in [2.45, 2.75) is 44.1 Å². The molecule has 1 saturated carbocycles. The fourth-order valence-corrected chi connectivity index (χ4v) is 2.69. The Bertz CT molecular complexity index is 207. The summed E-state index contributed by atoms with van der Waals surface area (Å²) in [4.78, 5) is 0. The van der Waals surface area contributed by atoms with E-state index in [0.29, 0.717) is 25.4 Å². The third-order valence-electron chi connectivity index (χ3n) is 3.82. The lowest BCUT2D eigenvalue weighted by Gasteiger charge is -2.34. The maximum absolute atomic E-state index is 13.0. The summed E-state index contributed by atoms with van der Waals surface area (Å²) < 4.78 is 31.2. The molecule has 1 aliphatic carbocycles. The molecule has 2 nitrogen and oxygen atoms in total. The van der Waals surface area contributed by atoms with Gasteiger partial charge in [-0.1, -0.05) is 0 Å². The van der Waals surface area contributed by atoms with Crippen LogP contribution in [0.1, 0.15) is 32.1 Å². The largest absolute Gasteiger partial charge is 0.381 e. The molecule has 2 N–H and O–H groups in total. The Morgan fingerprint density at radius 3 is 2.33 bits per heavy atom. The van der Waals surface area contributed by atoms with Crippen molar-refractivity contribution in [3.8, 4) is 0 Å². The van der Waals surface area contributed by atoms with Gasteiger partial charge >= 0.3 is 0 Å². The van der Waals surface area contributed by atoms with Gasteiger partial charge in [0.1, 0.15) is 0 Å². The SMILES string of the molecule is NC(C1CCC(F)(F)CC1)C1CCOC1. The van der Waals surface area contributed by atoms with Crippen molar-refractivity contribution >= 4 is 0 Å². The van der Waals surface area contributed by atoms with E-state index >= 15 is 0 Å². The van der Waals surface area contributed by atoms with Crippen molar-refractivity contribution in [3.05, 3.63) is 0 Å². The molecule has 2 atom stereocenters. The zero-order valence-electron chi connectivity index (χ0n) is 8.92. The molecule has 0 aromatic rings. The number of rotatable bonds is 2. The molecule has 4 heteroatoms. The minimum absolute atomic E-state index is 0.0128. The van der Waals surface area contributed by atoms with Crippen LogP contribution >= 0.6 is 0 Å². The van der Waals surface area contributed by atoms with Crippen LogP contribution in [-0.2, 0) is 4.74 Å². The number of alkyl halides is 2. The lowest BCUT2D eigenvalue weighted by Crippen LogP contribution is -2.41. The van der Waals surface area contributed by atoms with E-state index < -0.39 is 5.92 Å². The maximum Gasteiger partial charge on any atom is 0.248 e. The van der Waals surface area contributed by atoms with Gasteiger partial charge < -0.3 is 10.5 Å². The van der Waals surface area contributed by atoms with E-state index in [2.05, 4.69) is 0 Å². The van der Waals surface area contributed by atoms with Crippen molar-refractivity contribution in [3.63, 3.8) is 0 Å². The molecule has 0 radical (unpaired) electrons. The van der Waals surface area contributed by atoms with Crippen LogP contribution in [0.25, 0.3) is 0 Å². The molecule has 88 valence electrons.